The zero-order valence-electron chi connectivity index (χ0n) is 18.7. The number of benzene rings is 3. The Hall–Kier alpha value is -4.02. The Morgan fingerprint density at radius 2 is 1.65 bits per heavy atom. The quantitative estimate of drug-likeness (QED) is 0.435. The molecule has 1 N–H and O–H groups in total. The molecule has 0 saturated carbocycles. The molecule has 3 aromatic carbocycles. The molecule has 4 aromatic rings. The first kappa shape index (κ1) is 23.1. The van der Waals surface area contributed by atoms with Crippen molar-refractivity contribution in [3.8, 4) is 17.3 Å². The monoisotopic (exact) mass is 469 g/mol. The minimum Gasteiger partial charge on any atom is -0.352 e. The molecule has 1 amide bonds. The summed E-state index contributed by atoms with van der Waals surface area (Å²) in [6.07, 6.45) is 1.63. The highest BCUT2D eigenvalue weighted by atomic mass is 32.2. The van der Waals surface area contributed by atoms with Gasteiger partial charge < -0.3 is 5.32 Å². The van der Waals surface area contributed by atoms with Crippen LogP contribution in [0.15, 0.2) is 78.9 Å². The van der Waals surface area contributed by atoms with E-state index in [2.05, 4.69) is 11.4 Å². The minimum absolute atomic E-state index is 0.299. The van der Waals surface area contributed by atoms with Gasteiger partial charge >= 0.3 is 0 Å². The van der Waals surface area contributed by atoms with Crippen LogP contribution in [0.4, 0.5) is 0 Å². The Morgan fingerprint density at radius 3 is 2.38 bits per heavy atom. The first-order chi connectivity index (χ1) is 16.4. The zero-order valence-corrected chi connectivity index (χ0v) is 19.5. The Morgan fingerprint density at radius 1 is 0.971 bits per heavy atom. The fraction of sp³-hybridized carbons (Fsp3) is 0.148. The average molecular weight is 470 g/mol. The fourth-order valence-corrected chi connectivity index (χ4v) is 4.80. The summed E-state index contributed by atoms with van der Waals surface area (Å²) in [6, 6.07) is 25.9. The summed E-state index contributed by atoms with van der Waals surface area (Å²) in [5, 5.41) is 12.8. The molecule has 170 valence electrons. The molecule has 4 rings (SSSR count). The highest BCUT2D eigenvalue weighted by Crippen LogP contribution is 2.31. The number of aromatic nitrogens is 1. The highest BCUT2D eigenvalue weighted by molar-refractivity contribution is 7.89. The smallest absolute Gasteiger partial charge is 0.252 e. The van der Waals surface area contributed by atoms with Gasteiger partial charge in [-0.05, 0) is 24.1 Å². The zero-order chi connectivity index (χ0) is 24.1. The van der Waals surface area contributed by atoms with E-state index in [0.717, 1.165) is 17.4 Å². The van der Waals surface area contributed by atoms with E-state index < -0.39 is 9.84 Å². The maximum Gasteiger partial charge on any atom is 0.252 e. The summed E-state index contributed by atoms with van der Waals surface area (Å²) >= 11 is 0. The highest BCUT2D eigenvalue weighted by Gasteiger charge is 2.24. The molecule has 34 heavy (non-hydrogen) atoms. The molecule has 0 atom stereocenters. The lowest BCUT2D eigenvalue weighted by molar-refractivity contribution is 0.0955. The second-order valence-electron chi connectivity index (χ2n) is 8.04. The summed E-state index contributed by atoms with van der Waals surface area (Å²) < 4.78 is 24.7. The molecule has 0 fully saturated rings. The molecular formula is C27H23N3O3S. The van der Waals surface area contributed by atoms with Crippen LogP contribution in [0.3, 0.4) is 0 Å². The van der Waals surface area contributed by atoms with E-state index in [4.69, 9.17) is 4.98 Å². The Balaban J connectivity index is 1.79. The van der Waals surface area contributed by atoms with Gasteiger partial charge in [-0.2, -0.15) is 5.26 Å². The number of sulfone groups is 1. The first-order valence-electron chi connectivity index (χ1n) is 10.8. The molecule has 0 unspecified atom stereocenters. The first-order valence-corrected chi connectivity index (χ1v) is 12.8. The topological polar surface area (TPSA) is 99.9 Å². The molecule has 7 heteroatoms. The maximum absolute atomic E-state index is 13.5. The minimum atomic E-state index is -3.46. The molecule has 0 aliphatic rings. The second kappa shape index (κ2) is 9.86. The van der Waals surface area contributed by atoms with Crippen molar-refractivity contribution in [2.45, 2.75) is 12.2 Å². The van der Waals surface area contributed by atoms with Crippen molar-refractivity contribution in [2.24, 2.45) is 0 Å². The van der Waals surface area contributed by atoms with Crippen molar-refractivity contribution < 1.29 is 13.2 Å². The lowest BCUT2D eigenvalue weighted by Crippen LogP contribution is -2.28. The number of hydrogen-bond donors (Lipinski definition) is 1. The van der Waals surface area contributed by atoms with E-state index in [1.165, 1.54) is 0 Å². The van der Waals surface area contributed by atoms with Crippen LogP contribution in [-0.2, 0) is 22.0 Å². The molecule has 0 saturated heterocycles. The van der Waals surface area contributed by atoms with Gasteiger partial charge in [-0.25, -0.2) is 13.4 Å². The summed E-state index contributed by atoms with van der Waals surface area (Å²) in [6.45, 7) is 0.299. The number of hydrogen-bond acceptors (Lipinski definition) is 5. The molecule has 1 aromatic heterocycles. The maximum atomic E-state index is 13.5. The molecule has 0 aliphatic heterocycles. The van der Waals surface area contributed by atoms with Crippen LogP contribution in [0.25, 0.3) is 22.2 Å². The SMILES string of the molecule is CS(=O)(=O)Cc1c(-c2ccccc2)nc2ccccc2c1C(=O)NCCc1ccccc1C#N. The van der Waals surface area contributed by atoms with E-state index >= 15 is 0 Å². The number of rotatable bonds is 7. The van der Waals surface area contributed by atoms with Crippen LogP contribution in [0.5, 0.6) is 0 Å². The number of nitrogens with zero attached hydrogens (tertiary/aromatic N) is 2. The van der Waals surface area contributed by atoms with Crippen LogP contribution in [-0.4, -0.2) is 32.1 Å². The van der Waals surface area contributed by atoms with E-state index in [1.54, 1.807) is 24.3 Å². The van der Waals surface area contributed by atoms with Crippen molar-refractivity contribution in [3.05, 3.63) is 101 Å². The van der Waals surface area contributed by atoms with Gasteiger partial charge in [0.05, 0.1) is 34.2 Å². The van der Waals surface area contributed by atoms with E-state index in [9.17, 15) is 18.5 Å². The molecular weight excluding hydrogens is 446 g/mol. The number of para-hydroxylation sites is 1. The van der Waals surface area contributed by atoms with E-state index in [-0.39, 0.29) is 11.7 Å². The number of amides is 1. The van der Waals surface area contributed by atoms with Crippen LogP contribution >= 0.6 is 0 Å². The average Bonchev–Trinajstić information content (AvgIpc) is 2.83. The largest absolute Gasteiger partial charge is 0.352 e. The Labute approximate surface area is 198 Å². The summed E-state index contributed by atoms with van der Waals surface area (Å²) in [4.78, 5) is 18.2. The lowest BCUT2D eigenvalue weighted by Gasteiger charge is -2.17. The number of fused-ring (bicyclic) bond motifs is 1. The van der Waals surface area contributed by atoms with E-state index in [1.807, 2.05) is 54.6 Å². The van der Waals surface area contributed by atoms with Gasteiger partial charge in [0.2, 0.25) is 0 Å². The van der Waals surface area contributed by atoms with Gasteiger partial charge in [-0.1, -0.05) is 66.7 Å². The van der Waals surface area contributed by atoms with E-state index in [0.29, 0.717) is 46.3 Å². The van der Waals surface area contributed by atoms with Gasteiger partial charge in [-0.3, -0.25) is 4.79 Å². The van der Waals surface area contributed by atoms with Crippen LogP contribution < -0.4 is 5.32 Å². The normalized spacial score (nSPS) is 11.2. The lowest BCUT2D eigenvalue weighted by atomic mass is 9.97. The summed E-state index contributed by atoms with van der Waals surface area (Å²) in [5.41, 5.74) is 3.92. The third kappa shape index (κ3) is 5.13. The van der Waals surface area contributed by atoms with Crippen molar-refractivity contribution in [1.29, 1.82) is 5.26 Å². The van der Waals surface area contributed by atoms with Gasteiger partial charge in [0.15, 0.2) is 9.84 Å². The van der Waals surface area contributed by atoms with Crippen molar-refractivity contribution in [2.75, 3.05) is 12.8 Å². The molecule has 0 spiro atoms. The van der Waals surface area contributed by atoms with Crippen LogP contribution in [0, 0.1) is 11.3 Å². The van der Waals surface area contributed by atoms with Gasteiger partial charge in [0.25, 0.3) is 5.91 Å². The predicted octanol–water partition coefficient (Wildman–Crippen LogP) is 4.29. The number of carbonyl (C=O) groups is 1. The van der Waals surface area contributed by atoms with Crippen LogP contribution in [0.1, 0.15) is 27.0 Å². The molecule has 0 aliphatic carbocycles. The fourth-order valence-electron chi connectivity index (χ4n) is 3.99. The standard InChI is InChI=1S/C27H23N3O3S/c1-34(32,33)18-23-25(27(31)29-16-15-19-9-5-6-12-21(19)17-28)22-13-7-8-14-24(22)30-26(23)20-10-3-2-4-11-20/h2-14H,15-16,18H2,1H3,(H,29,31). The van der Waals surface area contributed by atoms with Gasteiger partial charge in [-0.15, -0.1) is 0 Å². The Bertz CT molecular complexity index is 1510. The number of pyridine rings is 1. The molecule has 1 heterocycles. The molecule has 0 radical (unpaired) electrons. The van der Waals surface area contributed by atoms with Crippen LogP contribution in [0.2, 0.25) is 0 Å². The third-order valence-electron chi connectivity index (χ3n) is 5.49. The molecule has 0 bridgehead atoms. The second-order valence-corrected chi connectivity index (χ2v) is 10.2. The molecule has 6 nitrogen and oxygen atoms in total. The number of nitrogens with one attached hydrogen (secondary N) is 1. The third-order valence-corrected chi connectivity index (χ3v) is 6.30. The van der Waals surface area contributed by atoms with Gasteiger partial charge in [0.1, 0.15) is 0 Å². The van der Waals surface area contributed by atoms with Gasteiger partial charge in [0, 0.05) is 29.3 Å². The number of carbonyl (C=O) groups excluding carboxylic acids is 1. The predicted molar refractivity (Wildman–Crippen MR) is 133 cm³/mol. The summed E-state index contributed by atoms with van der Waals surface area (Å²) in [7, 11) is -3.46. The van der Waals surface area contributed by atoms with Crippen molar-refractivity contribution in [3.63, 3.8) is 0 Å². The number of nitriles is 1. The summed E-state index contributed by atoms with van der Waals surface area (Å²) in [5.74, 6) is -0.682. The Kier molecular flexibility index (Phi) is 6.71. The van der Waals surface area contributed by atoms with Crippen molar-refractivity contribution in [1.82, 2.24) is 10.3 Å². The van der Waals surface area contributed by atoms with Crippen molar-refractivity contribution >= 4 is 26.6 Å².